The Morgan fingerprint density at radius 3 is 2.72 bits per heavy atom. The summed E-state index contributed by atoms with van der Waals surface area (Å²) in [6.45, 7) is 0. The van der Waals surface area contributed by atoms with Crippen LogP contribution >= 0.6 is 23.4 Å². The standard InChI is InChI=1S/C18H18ClNO4S/c19-13-9-12(10-15-17(22)20-18(23)25-15)5-7-14(13)24-16(21)8-6-11-3-1-2-4-11/h5,7,9-11H,1-4,6,8H2,(H,20,22,23). The number of halogens is 1. The second-order valence-electron chi connectivity index (χ2n) is 6.21. The minimum Gasteiger partial charge on any atom is -0.425 e. The molecule has 132 valence electrons. The molecule has 1 saturated carbocycles. The van der Waals surface area contributed by atoms with E-state index in [4.69, 9.17) is 16.3 Å². The molecule has 0 bridgehead atoms. The van der Waals surface area contributed by atoms with E-state index in [0.29, 0.717) is 33.6 Å². The quantitative estimate of drug-likeness (QED) is 0.462. The first kappa shape index (κ1) is 18.0. The SMILES string of the molecule is O=C(CCC1CCCC1)Oc1ccc(C=C2SC(=O)NC2=O)cc1Cl. The van der Waals surface area contributed by atoms with E-state index in [1.165, 1.54) is 25.7 Å². The summed E-state index contributed by atoms with van der Waals surface area (Å²) in [5.74, 6) is 0.236. The first-order chi connectivity index (χ1) is 12.0. The van der Waals surface area contributed by atoms with Crippen molar-refractivity contribution in [2.24, 2.45) is 5.92 Å². The van der Waals surface area contributed by atoms with E-state index < -0.39 is 11.1 Å². The van der Waals surface area contributed by atoms with Crippen LogP contribution in [0, 0.1) is 5.92 Å². The maximum absolute atomic E-state index is 12.0. The zero-order valence-electron chi connectivity index (χ0n) is 13.5. The number of carbonyl (C=O) groups is 3. The molecule has 1 aromatic carbocycles. The molecule has 1 N–H and O–H groups in total. The normalized spacial score (nSPS) is 19.5. The molecule has 2 fully saturated rings. The number of amides is 2. The van der Waals surface area contributed by atoms with Gasteiger partial charge >= 0.3 is 5.97 Å². The number of esters is 1. The second-order valence-corrected chi connectivity index (χ2v) is 7.63. The van der Waals surface area contributed by atoms with Crippen LogP contribution in [0.3, 0.4) is 0 Å². The molecule has 5 nitrogen and oxygen atoms in total. The molecule has 3 rings (SSSR count). The first-order valence-electron chi connectivity index (χ1n) is 8.26. The van der Waals surface area contributed by atoms with Gasteiger partial charge in [0.05, 0.1) is 9.93 Å². The summed E-state index contributed by atoms with van der Waals surface area (Å²) in [6, 6.07) is 4.89. The Kier molecular flexibility index (Phi) is 5.81. The first-order valence-corrected chi connectivity index (χ1v) is 9.46. The number of hydrogen-bond acceptors (Lipinski definition) is 5. The zero-order chi connectivity index (χ0) is 17.8. The average Bonchev–Trinajstić information content (AvgIpc) is 3.18. The highest BCUT2D eigenvalue weighted by atomic mass is 35.5. The van der Waals surface area contributed by atoms with E-state index in [0.717, 1.165) is 18.2 Å². The van der Waals surface area contributed by atoms with Crippen LogP contribution in [-0.4, -0.2) is 17.1 Å². The second kappa shape index (κ2) is 8.06. The number of benzene rings is 1. The number of thioether (sulfide) groups is 1. The summed E-state index contributed by atoms with van der Waals surface area (Å²) >= 11 is 7.01. The number of rotatable bonds is 5. The van der Waals surface area contributed by atoms with Crippen LogP contribution in [0.4, 0.5) is 4.79 Å². The maximum Gasteiger partial charge on any atom is 0.311 e. The summed E-state index contributed by atoms with van der Waals surface area (Å²) < 4.78 is 5.34. The molecule has 2 amide bonds. The molecule has 1 saturated heterocycles. The molecule has 0 unspecified atom stereocenters. The van der Waals surface area contributed by atoms with Gasteiger partial charge in [0.1, 0.15) is 5.75 Å². The molecule has 1 aliphatic carbocycles. The molecule has 0 radical (unpaired) electrons. The Morgan fingerprint density at radius 2 is 2.08 bits per heavy atom. The Balaban J connectivity index is 1.59. The lowest BCUT2D eigenvalue weighted by atomic mass is 10.0. The number of hydrogen-bond donors (Lipinski definition) is 1. The molecule has 2 aliphatic rings. The molecule has 0 aromatic heterocycles. The van der Waals surface area contributed by atoms with Crippen molar-refractivity contribution >= 4 is 46.6 Å². The van der Waals surface area contributed by atoms with E-state index in [1.807, 2.05) is 0 Å². The third-order valence-corrected chi connectivity index (χ3v) is 5.46. The molecule has 7 heteroatoms. The highest BCUT2D eigenvalue weighted by Gasteiger charge is 2.25. The largest absolute Gasteiger partial charge is 0.425 e. The van der Waals surface area contributed by atoms with Crippen LogP contribution in [0.25, 0.3) is 6.08 Å². The fraction of sp³-hybridized carbons (Fsp3) is 0.389. The number of carbonyl (C=O) groups excluding carboxylic acids is 3. The predicted molar refractivity (Wildman–Crippen MR) is 97.4 cm³/mol. The van der Waals surface area contributed by atoms with E-state index in [9.17, 15) is 14.4 Å². The Bertz CT molecular complexity index is 741. The highest BCUT2D eigenvalue weighted by molar-refractivity contribution is 8.18. The van der Waals surface area contributed by atoms with Crippen molar-refractivity contribution < 1.29 is 19.1 Å². The number of imide groups is 1. The fourth-order valence-corrected chi connectivity index (χ4v) is 3.97. The third-order valence-electron chi connectivity index (χ3n) is 4.35. The van der Waals surface area contributed by atoms with Crippen molar-refractivity contribution in [2.45, 2.75) is 38.5 Å². The van der Waals surface area contributed by atoms with Crippen LogP contribution in [0.5, 0.6) is 5.75 Å². The molecular formula is C18H18ClNO4S. The summed E-state index contributed by atoms with van der Waals surface area (Å²) in [6.07, 6.45) is 7.74. The molecule has 1 aromatic rings. The van der Waals surface area contributed by atoms with Crippen molar-refractivity contribution in [3.05, 3.63) is 33.7 Å². The van der Waals surface area contributed by atoms with Crippen LogP contribution < -0.4 is 10.1 Å². The molecular weight excluding hydrogens is 362 g/mol. The fourth-order valence-electron chi connectivity index (χ4n) is 3.06. The predicted octanol–water partition coefficient (Wildman–Crippen LogP) is 4.54. The summed E-state index contributed by atoms with van der Waals surface area (Å²) in [5.41, 5.74) is 0.656. The van der Waals surface area contributed by atoms with Gasteiger partial charge in [-0.25, -0.2) is 0 Å². The minimum absolute atomic E-state index is 0.281. The van der Waals surface area contributed by atoms with Gasteiger partial charge < -0.3 is 4.74 Å². The lowest BCUT2D eigenvalue weighted by molar-refractivity contribution is -0.134. The molecule has 25 heavy (non-hydrogen) atoms. The van der Waals surface area contributed by atoms with Crippen LogP contribution in [0.2, 0.25) is 5.02 Å². The van der Waals surface area contributed by atoms with E-state index in [-0.39, 0.29) is 5.97 Å². The Labute approximate surface area is 155 Å². The van der Waals surface area contributed by atoms with Gasteiger partial charge in [-0.15, -0.1) is 0 Å². The van der Waals surface area contributed by atoms with Gasteiger partial charge in [0.25, 0.3) is 11.1 Å². The Hall–Kier alpha value is -1.79. The molecule has 0 spiro atoms. The smallest absolute Gasteiger partial charge is 0.311 e. The van der Waals surface area contributed by atoms with Gasteiger partial charge in [0.2, 0.25) is 0 Å². The van der Waals surface area contributed by atoms with Crippen LogP contribution in [0.15, 0.2) is 23.1 Å². The molecule has 0 atom stereocenters. The molecule has 1 heterocycles. The number of ether oxygens (including phenoxy) is 1. The van der Waals surface area contributed by atoms with Crippen LogP contribution in [0.1, 0.15) is 44.1 Å². The van der Waals surface area contributed by atoms with Crippen molar-refractivity contribution in [2.75, 3.05) is 0 Å². The van der Waals surface area contributed by atoms with Crippen molar-refractivity contribution in [3.63, 3.8) is 0 Å². The summed E-state index contributed by atoms with van der Waals surface area (Å²) in [4.78, 5) is 35.0. The van der Waals surface area contributed by atoms with Gasteiger partial charge in [-0.3, -0.25) is 19.7 Å². The van der Waals surface area contributed by atoms with E-state index in [1.54, 1.807) is 24.3 Å². The zero-order valence-corrected chi connectivity index (χ0v) is 15.1. The van der Waals surface area contributed by atoms with E-state index >= 15 is 0 Å². The number of nitrogens with one attached hydrogen (secondary N) is 1. The maximum atomic E-state index is 12.0. The monoisotopic (exact) mass is 379 g/mol. The summed E-state index contributed by atoms with van der Waals surface area (Å²) in [5, 5.41) is 2.09. The van der Waals surface area contributed by atoms with Gasteiger partial charge in [0.15, 0.2) is 0 Å². The average molecular weight is 380 g/mol. The van der Waals surface area contributed by atoms with Gasteiger partial charge in [-0.2, -0.15) is 0 Å². The van der Waals surface area contributed by atoms with Gasteiger partial charge in [0, 0.05) is 6.42 Å². The van der Waals surface area contributed by atoms with Crippen molar-refractivity contribution in [1.29, 1.82) is 0 Å². The topological polar surface area (TPSA) is 72.5 Å². The Morgan fingerprint density at radius 1 is 1.32 bits per heavy atom. The molecule has 1 aliphatic heterocycles. The minimum atomic E-state index is -0.423. The van der Waals surface area contributed by atoms with Crippen LogP contribution in [-0.2, 0) is 9.59 Å². The van der Waals surface area contributed by atoms with Gasteiger partial charge in [-0.05, 0) is 47.9 Å². The lowest BCUT2D eigenvalue weighted by Gasteiger charge is -2.09. The van der Waals surface area contributed by atoms with E-state index in [2.05, 4.69) is 5.32 Å². The summed E-state index contributed by atoms with van der Waals surface area (Å²) in [7, 11) is 0. The van der Waals surface area contributed by atoms with Gasteiger partial charge in [-0.1, -0.05) is 43.4 Å². The van der Waals surface area contributed by atoms with Crippen molar-refractivity contribution in [1.82, 2.24) is 5.32 Å². The highest BCUT2D eigenvalue weighted by Crippen LogP contribution is 2.31. The third kappa shape index (κ3) is 4.86. The lowest BCUT2D eigenvalue weighted by Crippen LogP contribution is -2.17. The van der Waals surface area contributed by atoms with Crippen molar-refractivity contribution in [3.8, 4) is 5.75 Å².